The van der Waals surface area contributed by atoms with E-state index in [4.69, 9.17) is 0 Å². The molecule has 1 unspecified atom stereocenters. The smallest absolute Gasteiger partial charge is 0.388 e. The number of hydrogen-bond donors (Lipinski definition) is 2. The minimum atomic E-state index is -4.71. The second kappa shape index (κ2) is 7.94. The Kier molecular flexibility index (Phi) is 5.10. The van der Waals surface area contributed by atoms with E-state index in [2.05, 4.69) is 9.97 Å². The lowest BCUT2D eigenvalue weighted by Gasteiger charge is -2.22. The Labute approximate surface area is 205 Å². The van der Waals surface area contributed by atoms with Crippen LogP contribution in [0, 0.1) is 23.5 Å². The summed E-state index contributed by atoms with van der Waals surface area (Å²) < 4.78 is 69.8. The predicted molar refractivity (Wildman–Crippen MR) is 120 cm³/mol. The summed E-state index contributed by atoms with van der Waals surface area (Å²) in [6, 6.07) is 1.25. The lowest BCUT2D eigenvalue weighted by Crippen LogP contribution is -2.48. The van der Waals surface area contributed by atoms with E-state index >= 15 is 0 Å². The van der Waals surface area contributed by atoms with E-state index in [1.807, 2.05) is 5.32 Å². The van der Waals surface area contributed by atoms with Crippen molar-refractivity contribution in [3.63, 3.8) is 0 Å². The van der Waals surface area contributed by atoms with E-state index < -0.39 is 58.1 Å². The molecule has 1 saturated heterocycles. The number of β-amino-alcohol motifs (C(OH)–C–C–N with tert-alkyl or cyclic N) is 1. The summed E-state index contributed by atoms with van der Waals surface area (Å²) in [6.07, 6.45) is -1.87. The molecule has 3 aliphatic rings. The number of amides is 1. The molecule has 1 aliphatic heterocycles. The van der Waals surface area contributed by atoms with E-state index in [9.17, 15) is 36.6 Å². The van der Waals surface area contributed by atoms with Crippen molar-refractivity contribution in [2.45, 2.75) is 37.1 Å². The van der Waals surface area contributed by atoms with Crippen LogP contribution in [0.5, 0.6) is 0 Å². The first kappa shape index (κ1) is 23.8. The van der Waals surface area contributed by atoms with Gasteiger partial charge in [-0.1, -0.05) is 0 Å². The first-order valence-corrected chi connectivity index (χ1v) is 11.7. The van der Waals surface area contributed by atoms with Crippen LogP contribution >= 0.6 is 0 Å². The zero-order valence-electron chi connectivity index (χ0n) is 19.1. The van der Waals surface area contributed by atoms with Crippen molar-refractivity contribution >= 4 is 22.8 Å². The number of rotatable bonds is 5. The van der Waals surface area contributed by atoms with Gasteiger partial charge in [0.15, 0.2) is 17.3 Å². The minimum Gasteiger partial charge on any atom is -0.388 e. The van der Waals surface area contributed by atoms with Crippen LogP contribution in [-0.4, -0.2) is 56.5 Å². The normalized spacial score (nSPS) is 23.7. The van der Waals surface area contributed by atoms with Crippen LogP contribution in [0.3, 0.4) is 0 Å². The van der Waals surface area contributed by atoms with Crippen molar-refractivity contribution in [3.05, 3.63) is 58.0 Å². The average Bonchev–Trinajstić information content (AvgIpc) is 3.74. The Hall–Kier alpha value is -3.61. The first-order valence-electron chi connectivity index (χ1n) is 11.7. The largest absolute Gasteiger partial charge is 0.408 e. The quantitative estimate of drug-likeness (QED) is 0.501. The monoisotopic (exact) mass is 521 g/mol. The number of halogens is 5. The highest BCUT2D eigenvalue weighted by molar-refractivity contribution is 5.97. The van der Waals surface area contributed by atoms with Gasteiger partial charge in [-0.2, -0.15) is 13.2 Å². The summed E-state index contributed by atoms with van der Waals surface area (Å²) >= 11 is 0. The van der Waals surface area contributed by atoms with E-state index in [0.29, 0.717) is 31.4 Å². The SMILES string of the molecule is O=C(N[C@H](C1CC1)C(F)(F)F)c1cn(-c2ncc(F)cc2F)c2nc(N3CC4C[C@@]4(O)C3)ccc2c1=O. The third kappa shape index (κ3) is 4.10. The highest BCUT2D eigenvalue weighted by atomic mass is 19.4. The lowest BCUT2D eigenvalue weighted by atomic mass is 10.1. The van der Waals surface area contributed by atoms with Crippen LogP contribution < -0.4 is 15.6 Å². The minimum absolute atomic E-state index is 0.0857. The van der Waals surface area contributed by atoms with Gasteiger partial charge < -0.3 is 15.3 Å². The van der Waals surface area contributed by atoms with Crippen LogP contribution in [0.2, 0.25) is 0 Å². The van der Waals surface area contributed by atoms with Gasteiger partial charge >= 0.3 is 6.18 Å². The molecule has 6 rings (SSSR count). The molecule has 8 nitrogen and oxygen atoms in total. The van der Waals surface area contributed by atoms with Crippen LogP contribution in [-0.2, 0) is 0 Å². The number of carbonyl (C=O) groups excluding carboxylic acids is 1. The van der Waals surface area contributed by atoms with Crippen molar-refractivity contribution < 1.29 is 31.9 Å². The Morgan fingerprint density at radius 2 is 2.00 bits per heavy atom. The molecule has 0 aromatic carbocycles. The molecule has 2 N–H and O–H groups in total. The summed E-state index contributed by atoms with van der Waals surface area (Å²) in [5, 5.41) is 12.1. The number of anilines is 1. The number of piperidine rings is 1. The molecule has 0 radical (unpaired) electrons. The number of hydrogen-bond acceptors (Lipinski definition) is 6. The van der Waals surface area contributed by atoms with Crippen LogP contribution in [0.1, 0.15) is 29.6 Å². The molecule has 194 valence electrons. The van der Waals surface area contributed by atoms with Crippen molar-refractivity contribution in [2.75, 3.05) is 18.0 Å². The molecule has 0 bridgehead atoms. The van der Waals surface area contributed by atoms with Gasteiger partial charge in [-0.15, -0.1) is 0 Å². The molecule has 3 aromatic heterocycles. The maximum absolute atomic E-state index is 14.8. The molecular weight excluding hydrogens is 501 g/mol. The third-order valence-corrected chi connectivity index (χ3v) is 7.26. The van der Waals surface area contributed by atoms with Crippen molar-refractivity contribution in [1.29, 1.82) is 0 Å². The maximum Gasteiger partial charge on any atom is 0.408 e. The number of aliphatic hydroxyl groups is 1. The number of pyridine rings is 3. The first-order chi connectivity index (χ1) is 17.4. The van der Waals surface area contributed by atoms with E-state index in [1.165, 1.54) is 12.1 Å². The van der Waals surface area contributed by atoms with E-state index in [-0.39, 0.29) is 29.8 Å². The van der Waals surface area contributed by atoms with Crippen LogP contribution in [0.25, 0.3) is 16.9 Å². The van der Waals surface area contributed by atoms with Gasteiger partial charge in [0.05, 0.1) is 17.2 Å². The van der Waals surface area contributed by atoms with Crippen molar-refractivity contribution in [2.24, 2.45) is 11.8 Å². The van der Waals surface area contributed by atoms with Gasteiger partial charge in [0.1, 0.15) is 23.2 Å². The molecule has 13 heteroatoms. The highest BCUT2D eigenvalue weighted by Gasteiger charge is 2.59. The second-order valence-electron chi connectivity index (χ2n) is 9.96. The standard InChI is InChI=1S/C24H20F5N5O3/c25-13-5-16(26)21(30-7-13)34-9-15(22(36)32-19(11-1-2-11)24(27,28)29)18(35)14-3-4-17(31-20(14)34)33-8-12-6-23(12,37)10-33/h3-5,7,9,11-12,19,37H,1-2,6,8,10H2,(H,32,36)/t12?,19-,23-/m1/s1. The fourth-order valence-corrected chi connectivity index (χ4v) is 5.02. The average molecular weight is 521 g/mol. The summed E-state index contributed by atoms with van der Waals surface area (Å²) in [6.45, 7) is 0.826. The summed E-state index contributed by atoms with van der Waals surface area (Å²) in [7, 11) is 0. The fourth-order valence-electron chi connectivity index (χ4n) is 5.02. The number of fused-ring (bicyclic) bond motifs is 2. The lowest BCUT2D eigenvalue weighted by molar-refractivity contribution is -0.158. The number of carbonyl (C=O) groups is 1. The van der Waals surface area contributed by atoms with Crippen LogP contribution in [0.4, 0.5) is 27.8 Å². The Morgan fingerprint density at radius 3 is 2.62 bits per heavy atom. The topological polar surface area (TPSA) is 100 Å². The molecule has 2 saturated carbocycles. The summed E-state index contributed by atoms with van der Waals surface area (Å²) in [5.41, 5.74) is -2.50. The van der Waals surface area contributed by atoms with Crippen molar-refractivity contribution in [1.82, 2.24) is 19.9 Å². The highest BCUT2D eigenvalue weighted by Crippen LogP contribution is 2.50. The van der Waals surface area contributed by atoms with E-state index in [1.54, 1.807) is 4.90 Å². The molecule has 3 aromatic rings. The Balaban J connectivity index is 1.47. The number of nitrogens with zero attached hydrogens (tertiary/aromatic N) is 4. The molecule has 0 spiro atoms. The Morgan fingerprint density at radius 1 is 1.24 bits per heavy atom. The van der Waals surface area contributed by atoms with Gasteiger partial charge in [-0.25, -0.2) is 18.7 Å². The van der Waals surface area contributed by atoms with Gasteiger partial charge in [-0.05, 0) is 37.3 Å². The number of aromatic nitrogens is 3. The zero-order valence-corrected chi connectivity index (χ0v) is 19.1. The van der Waals surface area contributed by atoms with Gasteiger partial charge in [0.2, 0.25) is 5.43 Å². The summed E-state index contributed by atoms with van der Waals surface area (Å²) in [4.78, 5) is 36.1. The van der Waals surface area contributed by atoms with Crippen molar-refractivity contribution in [3.8, 4) is 5.82 Å². The van der Waals surface area contributed by atoms with Gasteiger partial charge in [0.25, 0.3) is 5.91 Å². The maximum atomic E-state index is 14.8. The molecular formula is C24H20F5N5O3. The molecule has 3 fully saturated rings. The second-order valence-corrected chi connectivity index (χ2v) is 9.96. The molecule has 37 heavy (non-hydrogen) atoms. The number of alkyl halides is 3. The predicted octanol–water partition coefficient (Wildman–Crippen LogP) is 2.70. The molecule has 4 heterocycles. The van der Waals surface area contributed by atoms with Gasteiger partial charge in [0, 0.05) is 31.3 Å². The Bertz CT molecular complexity index is 1500. The third-order valence-electron chi connectivity index (χ3n) is 7.26. The molecule has 3 atom stereocenters. The van der Waals surface area contributed by atoms with Crippen LogP contribution in [0.15, 0.2) is 35.4 Å². The molecule has 1 amide bonds. The zero-order chi connectivity index (χ0) is 26.3. The van der Waals surface area contributed by atoms with E-state index in [0.717, 1.165) is 17.0 Å². The number of nitrogens with one attached hydrogen (secondary N) is 1. The van der Waals surface area contributed by atoms with Gasteiger partial charge in [-0.3, -0.25) is 14.2 Å². The summed E-state index contributed by atoms with van der Waals surface area (Å²) in [5.74, 6) is -4.21. The molecule has 2 aliphatic carbocycles. The fraction of sp³-hybridized carbons (Fsp3) is 0.417.